The maximum atomic E-state index is 13.9. The first kappa shape index (κ1) is 36.1. The van der Waals surface area contributed by atoms with Crippen LogP contribution in [-0.4, -0.2) is 67.3 Å². The third kappa shape index (κ3) is 7.49. The van der Waals surface area contributed by atoms with Gasteiger partial charge in [0.15, 0.2) is 11.5 Å². The van der Waals surface area contributed by atoms with E-state index in [4.69, 9.17) is 14.2 Å². The standard InChI is InChI=1S/C36H41N5O8S/c1-20(42)38-24-12-10-21-18-30(47-2)32(48-3)33(49-4)31(21)22-11-13-26(29(43)19-23(22)24)39-27(14-17-50-5)34(44)37-15-16-41-28-9-7-6-8-25(28)40-35(45)36(41)46/h6-9,11,13,18-19,24,27H,10,12,14-17H2,1-5H3,(H,37,44)(H,38,42)(H,39,43)(H,40,45). The highest BCUT2D eigenvalue weighted by atomic mass is 32.2. The molecule has 1 aliphatic carbocycles. The number of anilines is 1. The Morgan fingerprint density at radius 2 is 1.78 bits per heavy atom. The van der Waals surface area contributed by atoms with Gasteiger partial charge in [-0.1, -0.05) is 18.2 Å². The molecule has 0 aliphatic heterocycles. The van der Waals surface area contributed by atoms with Crippen LogP contribution in [0.1, 0.15) is 36.9 Å². The fraction of sp³-hybridized carbons (Fsp3) is 0.361. The number of rotatable bonds is 13. The molecule has 3 aromatic carbocycles. The van der Waals surface area contributed by atoms with Gasteiger partial charge >= 0.3 is 11.1 Å². The molecule has 0 bridgehead atoms. The smallest absolute Gasteiger partial charge is 0.316 e. The molecule has 2 amide bonds. The first-order valence-electron chi connectivity index (χ1n) is 16.1. The molecule has 4 aromatic rings. The molecule has 1 heterocycles. The van der Waals surface area contributed by atoms with Crippen LogP contribution in [-0.2, 0) is 22.6 Å². The molecular formula is C36H41N5O8S. The van der Waals surface area contributed by atoms with Crippen LogP contribution in [0.4, 0.5) is 5.69 Å². The van der Waals surface area contributed by atoms with Crippen molar-refractivity contribution in [1.82, 2.24) is 20.2 Å². The van der Waals surface area contributed by atoms with Crippen molar-refractivity contribution < 1.29 is 23.8 Å². The number of methoxy groups -OCH3 is 3. The number of ether oxygens (including phenoxy) is 3. The van der Waals surface area contributed by atoms with Crippen LogP contribution in [0.15, 0.2) is 62.9 Å². The van der Waals surface area contributed by atoms with Gasteiger partial charge in [0.25, 0.3) is 0 Å². The number of nitrogens with one attached hydrogen (secondary N) is 4. The Hall–Kier alpha value is -5.24. The van der Waals surface area contributed by atoms with Gasteiger partial charge in [0.1, 0.15) is 6.04 Å². The van der Waals surface area contributed by atoms with Crippen LogP contribution < -0.4 is 46.7 Å². The van der Waals surface area contributed by atoms with Gasteiger partial charge in [-0.3, -0.25) is 24.0 Å². The Balaban J connectivity index is 1.50. The normalized spacial score (nSPS) is 14.1. The predicted octanol–water partition coefficient (Wildman–Crippen LogP) is 3.22. The molecule has 2 atom stereocenters. The van der Waals surface area contributed by atoms with E-state index in [1.807, 2.05) is 12.3 Å². The maximum absolute atomic E-state index is 13.9. The minimum absolute atomic E-state index is 0.0735. The van der Waals surface area contributed by atoms with Crippen LogP contribution in [0.25, 0.3) is 22.2 Å². The van der Waals surface area contributed by atoms with Crippen LogP contribution in [0.5, 0.6) is 17.2 Å². The Kier molecular flexibility index (Phi) is 11.5. The molecule has 0 fully saturated rings. The highest BCUT2D eigenvalue weighted by Crippen LogP contribution is 2.50. The van der Waals surface area contributed by atoms with Gasteiger partial charge in [-0.2, -0.15) is 11.8 Å². The SMILES string of the molecule is COc1cc2c(c(OC)c1OC)-c1ccc(NC(CCSC)C(=O)NCCn3c(=O)c(=O)[nH]c4ccccc43)c(=O)cc1C(NC(C)=O)CC2. The quantitative estimate of drug-likeness (QED) is 0.152. The average molecular weight is 704 g/mol. The summed E-state index contributed by atoms with van der Waals surface area (Å²) in [4.78, 5) is 67.2. The summed E-state index contributed by atoms with van der Waals surface area (Å²) in [5.74, 6) is 1.35. The average Bonchev–Trinajstić information content (AvgIpc) is 3.35. The summed E-state index contributed by atoms with van der Waals surface area (Å²) in [6, 6.07) is 12.5. The summed E-state index contributed by atoms with van der Waals surface area (Å²) >= 11 is 1.56. The molecule has 264 valence electrons. The number of thioether (sulfide) groups is 1. The van der Waals surface area contributed by atoms with Gasteiger partial charge in [0.05, 0.1) is 44.1 Å². The first-order chi connectivity index (χ1) is 24.1. The number of para-hydroxylation sites is 2. The van der Waals surface area contributed by atoms with Crippen molar-refractivity contribution in [3.8, 4) is 28.4 Å². The Bertz CT molecular complexity index is 2100. The van der Waals surface area contributed by atoms with Crippen molar-refractivity contribution in [2.45, 2.75) is 44.8 Å². The number of aromatic nitrogens is 2. The lowest BCUT2D eigenvalue weighted by molar-refractivity contribution is -0.122. The summed E-state index contributed by atoms with van der Waals surface area (Å²) in [6.45, 7) is 1.58. The third-order valence-electron chi connectivity index (χ3n) is 8.69. The minimum atomic E-state index is -0.790. The number of carbonyl (C=O) groups excluding carboxylic acids is 2. The highest BCUT2D eigenvalue weighted by Gasteiger charge is 2.30. The number of nitrogens with zero attached hydrogens (tertiary/aromatic N) is 1. The zero-order valence-electron chi connectivity index (χ0n) is 28.6. The van der Waals surface area contributed by atoms with E-state index in [2.05, 4.69) is 20.9 Å². The van der Waals surface area contributed by atoms with Gasteiger partial charge < -0.3 is 39.7 Å². The van der Waals surface area contributed by atoms with E-state index in [-0.39, 0.29) is 36.0 Å². The van der Waals surface area contributed by atoms with Crippen molar-refractivity contribution in [2.24, 2.45) is 0 Å². The van der Waals surface area contributed by atoms with Gasteiger partial charge in [0.2, 0.25) is 23.0 Å². The number of fused-ring (bicyclic) bond motifs is 4. The number of H-pyrrole nitrogens is 1. The van der Waals surface area contributed by atoms with Gasteiger partial charge in [-0.15, -0.1) is 0 Å². The molecule has 5 rings (SSSR count). The lowest BCUT2D eigenvalue weighted by Crippen LogP contribution is -2.43. The summed E-state index contributed by atoms with van der Waals surface area (Å²) in [5.41, 5.74) is 2.30. The second-order valence-corrected chi connectivity index (χ2v) is 12.8. The van der Waals surface area contributed by atoms with E-state index < -0.39 is 23.2 Å². The minimum Gasteiger partial charge on any atom is -0.493 e. The number of amides is 2. The van der Waals surface area contributed by atoms with Crippen LogP contribution in [0.2, 0.25) is 0 Å². The van der Waals surface area contributed by atoms with Crippen LogP contribution in [0.3, 0.4) is 0 Å². The van der Waals surface area contributed by atoms with Crippen molar-refractivity contribution >= 4 is 40.3 Å². The van der Waals surface area contributed by atoms with E-state index in [1.165, 1.54) is 31.8 Å². The fourth-order valence-corrected chi connectivity index (χ4v) is 6.85. The fourth-order valence-electron chi connectivity index (χ4n) is 6.38. The number of hydrogen-bond donors (Lipinski definition) is 4. The molecule has 1 aromatic heterocycles. The second kappa shape index (κ2) is 16.0. The van der Waals surface area contributed by atoms with Crippen LogP contribution in [0, 0.1) is 0 Å². The lowest BCUT2D eigenvalue weighted by Gasteiger charge is -2.19. The zero-order valence-corrected chi connectivity index (χ0v) is 29.5. The maximum Gasteiger partial charge on any atom is 0.316 e. The van der Waals surface area contributed by atoms with Gasteiger partial charge in [-0.05, 0) is 78.3 Å². The molecule has 14 heteroatoms. The topological polar surface area (TPSA) is 170 Å². The van der Waals surface area contributed by atoms with Crippen molar-refractivity contribution in [2.75, 3.05) is 45.2 Å². The van der Waals surface area contributed by atoms with Crippen LogP contribution >= 0.6 is 11.8 Å². The summed E-state index contributed by atoms with van der Waals surface area (Å²) < 4.78 is 18.5. The largest absolute Gasteiger partial charge is 0.493 e. The highest BCUT2D eigenvalue weighted by molar-refractivity contribution is 7.98. The van der Waals surface area contributed by atoms with Gasteiger partial charge in [0, 0.05) is 25.6 Å². The number of aromatic amines is 1. The van der Waals surface area contributed by atoms with E-state index >= 15 is 0 Å². The second-order valence-electron chi connectivity index (χ2n) is 11.8. The molecule has 50 heavy (non-hydrogen) atoms. The number of hydrogen-bond acceptors (Lipinski definition) is 10. The Morgan fingerprint density at radius 3 is 2.48 bits per heavy atom. The van der Waals surface area contributed by atoms with Crippen molar-refractivity contribution in [3.05, 3.63) is 90.6 Å². The Morgan fingerprint density at radius 1 is 1.02 bits per heavy atom. The lowest BCUT2D eigenvalue weighted by atomic mass is 9.95. The zero-order chi connectivity index (χ0) is 35.9. The van der Waals surface area contributed by atoms with E-state index in [9.17, 15) is 24.0 Å². The summed E-state index contributed by atoms with van der Waals surface area (Å²) in [7, 11) is 4.60. The molecule has 0 radical (unpaired) electrons. The number of aryl methyl sites for hydroxylation is 1. The summed E-state index contributed by atoms with van der Waals surface area (Å²) in [6.07, 6.45) is 3.40. The molecule has 0 saturated heterocycles. The predicted molar refractivity (Wildman–Crippen MR) is 195 cm³/mol. The van der Waals surface area contributed by atoms with Crippen molar-refractivity contribution in [1.29, 1.82) is 0 Å². The third-order valence-corrected chi connectivity index (χ3v) is 9.33. The Labute approximate surface area is 292 Å². The number of carbonyl (C=O) groups is 2. The van der Waals surface area contributed by atoms with E-state index in [0.29, 0.717) is 70.0 Å². The van der Waals surface area contributed by atoms with E-state index in [0.717, 1.165) is 5.56 Å². The molecule has 2 unspecified atom stereocenters. The molecule has 0 saturated carbocycles. The molecule has 0 spiro atoms. The molecular weight excluding hydrogens is 662 g/mol. The first-order valence-corrected chi connectivity index (χ1v) is 17.5. The molecule has 4 N–H and O–H groups in total. The van der Waals surface area contributed by atoms with Gasteiger partial charge in [-0.25, -0.2) is 0 Å². The number of benzene rings is 2. The monoisotopic (exact) mass is 703 g/mol. The summed E-state index contributed by atoms with van der Waals surface area (Å²) in [5, 5.41) is 9.03. The molecule has 13 nitrogen and oxygen atoms in total. The van der Waals surface area contributed by atoms with Crippen molar-refractivity contribution in [3.63, 3.8) is 0 Å². The molecule has 1 aliphatic rings. The van der Waals surface area contributed by atoms with E-state index in [1.54, 1.807) is 55.3 Å².